The first-order chi connectivity index (χ1) is 12.9. The fourth-order valence-electron chi connectivity index (χ4n) is 2.93. The molecule has 1 unspecified atom stereocenters. The van der Waals surface area contributed by atoms with Crippen LogP contribution in [0.1, 0.15) is 39.6 Å². The van der Waals surface area contributed by atoms with Crippen molar-refractivity contribution in [3.05, 3.63) is 76.8 Å². The molecule has 0 saturated heterocycles. The maximum absolute atomic E-state index is 12.4. The highest BCUT2D eigenvalue weighted by Crippen LogP contribution is 2.31. The summed E-state index contributed by atoms with van der Waals surface area (Å²) in [5.74, 6) is -1.05. The largest absolute Gasteiger partial charge is 0.454 e. The Balaban J connectivity index is 1.56. The molecule has 0 aliphatic carbocycles. The zero-order valence-electron chi connectivity index (χ0n) is 14.8. The third kappa shape index (κ3) is 3.93. The number of esters is 1. The lowest BCUT2D eigenvalue weighted by Gasteiger charge is -2.18. The first-order valence-electron chi connectivity index (χ1n) is 8.48. The number of nitrogens with zero attached hydrogens (tertiary/aromatic N) is 1. The van der Waals surface area contributed by atoms with Gasteiger partial charge in [0.2, 0.25) is 5.78 Å². The van der Waals surface area contributed by atoms with E-state index in [0.29, 0.717) is 21.8 Å². The number of ether oxygens (including phenoxy) is 1. The highest BCUT2D eigenvalue weighted by molar-refractivity contribution is 6.30. The molecule has 0 spiro atoms. The van der Waals surface area contributed by atoms with Crippen molar-refractivity contribution in [3.63, 3.8) is 0 Å². The number of carbonyl (C=O) groups excluding carboxylic acids is 3. The van der Waals surface area contributed by atoms with Crippen LogP contribution in [0.4, 0.5) is 0 Å². The molecule has 0 fully saturated rings. The predicted molar refractivity (Wildman–Crippen MR) is 102 cm³/mol. The Labute approximate surface area is 162 Å². The minimum atomic E-state index is -0.923. The number of rotatable bonds is 6. The van der Waals surface area contributed by atoms with Gasteiger partial charge in [-0.05, 0) is 37.3 Å². The molecule has 2 aromatic rings. The van der Waals surface area contributed by atoms with Gasteiger partial charge < -0.3 is 9.64 Å². The smallest absolute Gasteiger partial charge is 0.308 e. The Hall–Kier alpha value is -2.92. The zero-order chi connectivity index (χ0) is 19.6. The third-order valence-electron chi connectivity index (χ3n) is 4.39. The molecular weight excluding hydrogens is 366 g/mol. The van der Waals surface area contributed by atoms with Gasteiger partial charge in [0.1, 0.15) is 0 Å². The summed E-state index contributed by atoms with van der Waals surface area (Å²) in [7, 11) is 0. The van der Waals surface area contributed by atoms with Crippen LogP contribution < -0.4 is 0 Å². The van der Waals surface area contributed by atoms with Gasteiger partial charge in [0.25, 0.3) is 5.91 Å². The molecule has 5 nitrogen and oxygen atoms in total. The van der Waals surface area contributed by atoms with Gasteiger partial charge in [0.15, 0.2) is 6.10 Å². The summed E-state index contributed by atoms with van der Waals surface area (Å²) in [5.41, 5.74) is 2.32. The number of Topliss-reactive ketones (excluding diaryl/α,β-unsaturated/α-hetero) is 1. The average molecular weight is 384 g/mol. The number of fused-ring (bicyclic) bond motifs is 1. The van der Waals surface area contributed by atoms with Crippen LogP contribution in [0.5, 0.6) is 0 Å². The molecule has 0 radical (unpaired) electrons. The van der Waals surface area contributed by atoms with E-state index in [-0.39, 0.29) is 24.7 Å². The van der Waals surface area contributed by atoms with E-state index in [1.165, 1.54) is 11.8 Å². The molecule has 0 bridgehead atoms. The number of amides is 1. The van der Waals surface area contributed by atoms with Crippen molar-refractivity contribution in [2.24, 2.45) is 0 Å². The van der Waals surface area contributed by atoms with E-state index in [1.807, 2.05) is 12.1 Å². The van der Waals surface area contributed by atoms with E-state index in [0.717, 1.165) is 5.56 Å². The van der Waals surface area contributed by atoms with Crippen LogP contribution in [-0.2, 0) is 9.53 Å². The van der Waals surface area contributed by atoms with E-state index < -0.39 is 12.1 Å². The van der Waals surface area contributed by atoms with Gasteiger partial charge in [0, 0.05) is 34.0 Å². The molecule has 0 aromatic heterocycles. The third-order valence-corrected chi connectivity index (χ3v) is 4.64. The molecule has 3 rings (SSSR count). The summed E-state index contributed by atoms with van der Waals surface area (Å²) in [5, 5.41) is 0.521. The van der Waals surface area contributed by atoms with Crippen molar-refractivity contribution < 1.29 is 19.1 Å². The summed E-state index contributed by atoms with van der Waals surface area (Å²) < 4.78 is 5.22. The summed E-state index contributed by atoms with van der Waals surface area (Å²) >= 11 is 5.80. The Morgan fingerprint density at radius 3 is 2.37 bits per heavy atom. The molecule has 6 heteroatoms. The summed E-state index contributed by atoms with van der Waals surface area (Å²) in [6, 6.07) is 13.5. The molecule has 1 heterocycles. The highest BCUT2D eigenvalue weighted by Gasteiger charge is 2.31. The lowest BCUT2D eigenvalue weighted by molar-refractivity contribution is -0.146. The van der Waals surface area contributed by atoms with Crippen molar-refractivity contribution in [2.75, 3.05) is 6.54 Å². The second-order valence-corrected chi connectivity index (χ2v) is 6.64. The molecule has 0 N–H and O–H groups in total. The van der Waals surface area contributed by atoms with E-state index in [1.54, 1.807) is 36.4 Å². The van der Waals surface area contributed by atoms with E-state index in [2.05, 4.69) is 6.58 Å². The second-order valence-electron chi connectivity index (χ2n) is 6.20. The molecule has 1 amide bonds. The average Bonchev–Trinajstić information content (AvgIpc) is 2.91. The van der Waals surface area contributed by atoms with Crippen molar-refractivity contribution in [2.45, 2.75) is 19.4 Å². The fraction of sp³-hybridized carbons (Fsp3) is 0.190. The summed E-state index contributed by atoms with van der Waals surface area (Å²) in [4.78, 5) is 38.3. The number of carbonyl (C=O) groups is 3. The molecule has 1 atom stereocenters. The SMILES string of the molecule is C=C1c2ccccc2C(=O)N1CCC(=O)OC(C)C(=O)c1ccc(Cl)cc1. The van der Waals surface area contributed by atoms with E-state index in [4.69, 9.17) is 16.3 Å². The molecule has 138 valence electrons. The van der Waals surface area contributed by atoms with Crippen LogP contribution in [0.25, 0.3) is 5.70 Å². The van der Waals surface area contributed by atoms with Crippen LogP contribution in [0.3, 0.4) is 0 Å². The Bertz CT molecular complexity index is 885. The predicted octanol–water partition coefficient (Wildman–Crippen LogP) is 3.97. The van der Waals surface area contributed by atoms with Gasteiger partial charge in [0.05, 0.1) is 6.42 Å². The van der Waals surface area contributed by atoms with Crippen molar-refractivity contribution >= 4 is 35.0 Å². The lowest BCUT2D eigenvalue weighted by atomic mass is 10.1. The minimum Gasteiger partial charge on any atom is -0.454 e. The first kappa shape index (κ1) is 18.9. The van der Waals surface area contributed by atoms with E-state index >= 15 is 0 Å². The number of hydrogen-bond acceptors (Lipinski definition) is 4. The van der Waals surface area contributed by atoms with Gasteiger partial charge >= 0.3 is 5.97 Å². The summed E-state index contributed by atoms with van der Waals surface area (Å²) in [6.45, 7) is 5.59. The highest BCUT2D eigenvalue weighted by atomic mass is 35.5. The van der Waals surface area contributed by atoms with Crippen molar-refractivity contribution in [1.29, 1.82) is 0 Å². The monoisotopic (exact) mass is 383 g/mol. The molecule has 27 heavy (non-hydrogen) atoms. The quantitative estimate of drug-likeness (QED) is 0.559. The number of benzene rings is 2. The van der Waals surface area contributed by atoms with Crippen LogP contribution in [0.15, 0.2) is 55.1 Å². The molecule has 2 aromatic carbocycles. The van der Waals surface area contributed by atoms with Gasteiger partial charge in [-0.2, -0.15) is 0 Å². The van der Waals surface area contributed by atoms with Crippen LogP contribution in [0.2, 0.25) is 5.02 Å². The molecule has 1 aliphatic rings. The van der Waals surface area contributed by atoms with Crippen LogP contribution in [0, 0.1) is 0 Å². The molecular formula is C21H18ClNO4. The topological polar surface area (TPSA) is 63.7 Å². The summed E-state index contributed by atoms with van der Waals surface area (Å²) in [6.07, 6.45) is -0.954. The first-order valence-corrected chi connectivity index (χ1v) is 8.85. The lowest BCUT2D eigenvalue weighted by Crippen LogP contribution is -2.29. The number of hydrogen-bond donors (Lipinski definition) is 0. The second kappa shape index (κ2) is 7.76. The number of halogens is 1. The van der Waals surface area contributed by atoms with Crippen LogP contribution >= 0.6 is 11.6 Å². The molecule has 0 saturated carbocycles. The molecule has 1 aliphatic heterocycles. The maximum atomic E-state index is 12.4. The van der Waals surface area contributed by atoms with Crippen molar-refractivity contribution in [3.8, 4) is 0 Å². The van der Waals surface area contributed by atoms with Crippen LogP contribution in [-0.4, -0.2) is 35.2 Å². The Morgan fingerprint density at radius 2 is 1.74 bits per heavy atom. The van der Waals surface area contributed by atoms with Gasteiger partial charge in [-0.25, -0.2) is 0 Å². The Morgan fingerprint density at radius 1 is 1.11 bits per heavy atom. The fourth-order valence-corrected chi connectivity index (χ4v) is 3.06. The van der Waals surface area contributed by atoms with Crippen molar-refractivity contribution in [1.82, 2.24) is 4.90 Å². The van der Waals surface area contributed by atoms with Gasteiger partial charge in [-0.1, -0.05) is 36.4 Å². The van der Waals surface area contributed by atoms with Gasteiger partial charge in [-0.15, -0.1) is 0 Å². The minimum absolute atomic E-state index is 0.0308. The number of ketones is 1. The van der Waals surface area contributed by atoms with E-state index in [9.17, 15) is 14.4 Å². The standard InChI is InChI=1S/C21H18ClNO4/c1-13-17-5-3-4-6-18(17)21(26)23(13)12-11-19(24)27-14(2)20(25)15-7-9-16(22)10-8-15/h3-10,14H,1,11-12H2,2H3. The Kier molecular flexibility index (Phi) is 5.42. The maximum Gasteiger partial charge on any atom is 0.308 e. The normalized spacial score (nSPS) is 14.1. The van der Waals surface area contributed by atoms with Gasteiger partial charge in [-0.3, -0.25) is 14.4 Å². The zero-order valence-corrected chi connectivity index (χ0v) is 15.5.